The molecule has 5 aromatic rings. The molecule has 4 aromatic carbocycles. The number of aromatic nitrogens is 1. The van der Waals surface area contributed by atoms with E-state index in [9.17, 15) is 9.59 Å². The average molecular weight is 650 g/mol. The van der Waals surface area contributed by atoms with Crippen LogP contribution in [0, 0.1) is 6.92 Å². The zero-order valence-electron chi connectivity index (χ0n) is 25.9. The molecule has 6 rings (SSSR count). The minimum absolute atomic E-state index is 0.0229. The molecule has 1 aliphatic heterocycles. The number of rotatable bonds is 10. The fourth-order valence-corrected chi connectivity index (χ4v) is 5.59. The third-order valence-electron chi connectivity index (χ3n) is 7.10. The zero-order chi connectivity index (χ0) is 32.8. The van der Waals surface area contributed by atoms with E-state index < -0.39 is 0 Å². The topological polar surface area (TPSA) is 125 Å². The van der Waals surface area contributed by atoms with Crippen molar-refractivity contribution < 1.29 is 28.5 Å². The fraction of sp³-hybridized carbons (Fsp3) is 0.143. The number of amides is 2. The smallest absolute Gasteiger partial charge is 0.262 e. The Labute approximate surface area is 274 Å². The number of nitrogens with one attached hydrogen (secondary N) is 2. The lowest BCUT2D eigenvalue weighted by Crippen LogP contribution is -2.25. The Morgan fingerprint density at radius 2 is 1.81 bits per heavy atom. The summed E-state index contributed by atoms with van der Waals surface area (Å²) >= 11 is 1.40. The van der Waals surface area contributed by atoms with Gasteiger partial charge in [-0.05, 0) is 73.2 Å². The van der Waals surface area contributed by atoms with Crippen LogP contribution in [0.4, 0.5) is 17.1 Å². The minimum Gasteiger partial charge on any atom is -0.494 e. The van der Waals surface area contributed by atoms with Gasteiger partial charge in [0.15, 0.2) is 24.7 Å². The van der Waals surface area contributed by atoms with Gasteiger partial charge in [0.25, 0.3) is 11.8 Å². The van der Waals surface area contributed by atoms with Gasteiger partial charge in [-0.2, -0.15) is 5.10 Å². The number of hydrogen-bond acceptors (Lipinski definition) is 9. The summed E-state index contributed by atoms with van der Waals surface area (Å²) in [4.78, 5) is 29.9. The number of hydrogen-bond donors (Lipinski definition) is 2. The highest BCUT2D eigenvalue weighted by Gasteiger charge is 2.18. The summed E-state index contributed by atoms with van der Waals surface area (Å²) in [6.45, 7) is 1.77. The number of thiazole rings is 1. The Morgan fingerprint density at radius 3 is 2.62 bits per heavy atom. The Hall–Kier alpha value is -5.88. The first kappa shape index (κ1) is 31.1. The molecule has 0 bridgehead atoms. The van der Waals surface area contributed by atoms with Gasteiger partial charge in [-0.15, -0.1) is 11.3 Å². The summed E-state index contributed by atoms with van der Waals surface area (Å²) < 4.78 is 24.1. The molecule has 0 spiro atoms. The maximum absolute atomic E-state index is 12.5. The van der Waals surface area contributed by atoms with Crippen LogP contribution in [0.3, 0.4) is 0 Å². The molecule has 2 heterocycles. The van der Waals surface area contributed by atoms with E-state index in [1.807, 2.05) is 85.1 Å². The lowest BCUT2D eigenvalue weighted by Gasteiger charge is -2.18. The molecule has 0 atom stereocenters. The minimum atomic E-state index is -0.289. The lowest BCUT2D eigenvalue weighted by molar-refractivity contribution is -0.119. The number of benzene rings is 4. The van der Waals surface area contributed by atoms with Gasteiger partial charge in [0, 0.05) is 16.6 Å². The maximum atomic E-state index is 12.5. The monoisotopic (exact) mass is 649 g/mol. The highest BCUT2D eigenvalue weighted by Crippen LogP contribution is 2.34. The van der Waals surface area contributed by atoms with E-state index in [1.165, 1.54) is 18.4 Å². The van der Waals surface area contributed by atoms with Gasteiger partial charge in [-0.1, -0.05) is 29.8 Å². The van der Waals surface area contributed by atoms with E-state index in [0.29, 0.717) is 44.9 Å². The average Bonchev–Trinajstić information content (AvgIpc) is 3.49. The Morgan fingerprint density at radius 1 is 1.00 bits per heavy atom. The van der Waals surface area contributed by atoms with Crippen LogP contribution < -0.4 is 34.4 Å². The molecule has 0 fully saturated rings. The molecule has 47 heavy (non-hydrogen) atoms. The van der Waals surface area contributed by atoms with Crippen LogP contribution in [-0.4, -0.2) is 50.1 Å². The molecule has 238 valence electrons. The Kier molecular flexibility index (Phi) is 9.30. The van der Waals surface area contributed by atoms with Crippen LogP contribution in [0.1, 0.15) is 11.1 Å². The third-order valence-corrected chi connectivity index (χ3v) is 7.91. The quantitative estimate of drug-likeness (QED) is 0.179. The summed E-state index contributed by atoms with van der Waals surface area (Å²) in [5.74, 6) is 1.57. The molecule has 0 saturated heterocycles. The zero-order valence-corrected chi connectivity index (χ0v) is 26.7. The summed E-state index contributed by atoms with van der Waals surface area (Å²) in [7, 11) is 3.13. The fourth-order valence-electron chi connectivity index (χ4n) is 4.74. The van der Waals surface area contributed by atoms with Crippen molar-refractivity contribution in [3.8, 4) is 34.3 Å². The van der Waals surface area contributed by atoms with Gasteiger partial charge < -0.3 is 29.6 Å². The predicted molar refractivity (Wildman–Crippen MR) is 181 cm³/mol. The van der Waals surface area contributed by atoms with Crippen molar-refractivity contribution in [2.24, 2.45) is 10.1 Å². The van der Waals surface area contributed by atoms with Crippen LogP contribution >= 0.6 is 11.3 Å². The van der Waals surface area contributed by atoms with E-state index in [1.54, 1.807) is 30.1 Å². The van der Waals surface area contributed by atoms with Crippen molar-refractivity contribution in [2.75, 3.05) is 38.1 Å². The van der Waals surface area contributed by atoms with Gasteiger partial charge >= 0.3 is 0 Å². The van der Waals surface area contributed by atoms with E-state index >= 15 is 0 Å². The Bertz CT molecular complexity index is 2030. The molecule has 1 aliphatic rings. The van der Waals surface area contributed by atoms with Crippen molar-refractivity contribution >= 4 is 46.4 Å². The first-order valence-electron chi connectivity index (χ1n) is 14.6. The van der Waals surface area contributed by atoms with Crippen LogP contribution in [-0.2, 0) is 9.59 Å². The molecular weight excluding hydrogens is 618 g/mol. The second kappa shape index (κ2) is 14.0. The summed E-state index contributed by atoms with van der Waals surface area (Å²) in [6, 6.07) is 25.9. The standard InChI is InChI=1S/C35H31N5O6S/c1-22-8-12-25(13-9-22)37-33(41)19-46-31-14-10-23(16-32(31)44-3)18-36-40-28(24-11-15-30-27(17-24)38-34(42)20-45-30)21-47-35(40)39-26-6-4-5-7-29(26)43-2/h4-18,21H,19-20H2,1-3H3,(H,37,41)(H,38,42). The number of fused-ring (bicyclic) bond motifs is 1. The van der Waals surface area contributed by atoms with Crippen molar-refractivity contribution in [2.45, 2.75) is 6.92 Å². The van der Waals surface area contributed by atoms with E-state index in [4.69, 9.17) is 29.0 Å². The number of aryl methyl sites for hydroxylation is 1. The Balaban J connectivity index is 1.29. The number of carbonyl (C=O) groups is 2. The van der Waals surface area contributed by atoms with Gasteiger partial charge in [0.2, 0.25) is 4.80 Å². The van der Waals surface area contributed by atoms with Gasteiger partial charge in [0.1, 0.15) is 17.2 Å². The highest BCUT2D eigenvalue weighted by molar-refractivity contribution is 7.07. The second-order valence-corrected chi connectivity index (χ2v) is 11.2. The van der Waals surface area contributed by atoms with Crippen molar-refractivity contribution in [3.05, 3.63) is 106 Å². The number of para-hydroxylation sites is 2. The van der Waals surface area contributed by atoms with E-state index in [2.05, 4.69) is 10.6 Å². The van der Waals surface area contributed by atoms with Gasteiger partial charge in [-0.25, -0.2) is 9.67 Å². The SMILES string of the molecule is COc1ccccc1N=c1scc(-c2ccc3c(c2)NC(=O)CO3)n1N=Cc1ccc(OCC(=O)Nc2ccc(C)cc2)c(OC)c1. The lowest BCUT2D eigenvalue weighted by atomic mass is 10.1. The predicted octanol–water partition coefficient (Wildman–Crippen LogP) is 6.01. The molecule has 0 aliphatic carbocycles. The van der Waals surface area contributed by atoms with Crippen molar-refractivity contribution in [1.82, 2.24) is 4.68 Å². The van der Waals surface area contributed by atoms with Gasteiger partial charge in [0.05, 0.1) is 31.8 Å². The summed E-state index contributed by atoms with van der Waals surface area (Å²) in [5.41, 5.74) is 5.29. The van der Waals surface area contributed by atoms with Crippen LogP contribution in [0.2, 0.25) is 0 Å². The second-order valence-electron chi connectivity index (χ2n) is 10.4. The maximum Gasteiger partial charge on any atom is 0.262 e. The number of ether oxygens (including phenoxy) is 4. The molecule has 1 aromatic heterocycles. The summed E-state index contributed by atoms with van der Waals surface area (Å²) in [5, 5.41) is 12.4. The van der Waals surface area contributed by atoms with E-state index in [0.717, 1.165) is 22.4 Å². The largest absolute Gasteiger partial charge is 0.494 e. The van der Waals surface area contributed by atoms with Crippen LogP contribution in [0.5, 0.6) is 23.0 Å². The molecular formula is C35H31N5O6S. The molecule has 0 unspecified atom stereocenters. The molecule has 2 N–H and O–H groups in total. The normalized spacial score (nSPS) is 12.7. The highest BCUT2D eigenvalue weighted by atomic mass is 32.1. The first-order valence-corrected chi connectivity index (χ1v) is 15.4. The molecule has 0 radical (unpaired) electrons. The molecule has 2 amide bonds. The molecule has 12 heteroatoms. The van der Waals surface area contributed by atoms with Crippen molar-refractivity contribution in [3.63, 3.8) is 0 Å². The first-order chi connectivity index (χ1) is 22.9. The third kappa shape index (κ3) is 7.34. The number of carbonyl (C=O) groups excluding carboxylic acids is 2. The number of anilines is 2. The summed E-state index contributed by atoms with van der Waals surface area (Å²) in [6.07, 6.45) is 1.68. The van der Waals surface area contributed by atoms with Crippen LogP contribution in [0.15, 0.2) is 100 Å². The van der Waals surface area contributed by atoms with Crippen molar-refractivity contribution in [1.29, 1.82) is 0 Å². The number of nitrogens with zero attached hydrogens (tertiary/aromatic N) is 3. The van der Waals surface area contributed by atoms with Gasteiger partial charge in [-0.3, -0.25) is 9.59 Å². The number of methoxy groups -OCH3 is 2. The molecule has 0 saturated carbocycles. The van der Waals surface area contributed by atoms with E-state index in [-0.39, 0.29) is 25.0 Å². The molecule has 11 nitrogen and oxygen atoms in total. The van der Waals surface area contributed by atoms with Crippen LogP contribution in [0.25, 0.3) is 11.3 Å².